The lowest BCUT2D eigenvalue weighted by Gasteiger charge is -2.30. The summed E-state index contributed by atoms with van der Waals surface area (Å²) in [7, 11) is 1.64. The molecule has 1 unspecified atom stereocenters. The first-order chi connectivity index (χ1) is 13.7. The minimum atomic E-state index is -0.111. The topological polar surface area (TPSA) is 59.1 Å². The van der Waals surface area contributed by atoms with Crippen LogP contribution in [0.15, 0.2) is 48.5 Å². The van der Waals surface area contributed by atoms with Gasteiger partial charge < -0.3 is 19.3 Å². The van der Waals surface area contributed by atoms with Crippen LogP contribution in [0.1, 0.15) is 30.9 Å². The molecule has 2 aliphatic heterocycles. The minimum absolute atomic E-state index is 0.0173. The van der Waals surface area contributed by atoms with Crippen molar-refractivity contribution in [2.45, 2.75) is 25.3 Å². The number of hydrogen-bond donors (Lipinski definition) is 0. The number of carbonyl (C=O) groups excluding carboxylic acids is 2. The van der Waals surface area contributed by atoms with Crippen LogP contribution in [0.25, 0.3) is 0 Å². The van der Waals surface area contributed by atoms with E-state index in [1.807, 2.05) is 53.4 Å². The van der Waals surface area contributed by atoms with Crippen molar-refractivity contribution >= 4 is 17.5 Å². The van der Waals surface area contributed by atoms with E-state index in [1.165, 1.54) is 0 Å². The average Bonchev–Trinajstić information content (AvgIpc) is 3.23. The van der Waals surface area contributed by atoms with E-state index in [0.717, 1.165) is 36.4 Å². The molecule has 0 spiro atoms. The molecule has 0 radical (unpaired) electrons. The van der Waals surface area contributed by atoms with E-state index in [9.17, 15) is 9.59 Å². The number of fused-ring (bicyclic) bond motifs is 1. The van der Waals surface area contributed by atoms with Crippen molar-refractivity contribution in [2.24, 2.45) is 0 Å². The van der Waals surface area contributed by atoms with Gasteiger partial charge in [0.25, 0.3) is 5.91 Å². The van der Waals surface area contributed by atoms with Crippen LogP contribution in [0.3, 0.4) is 0 Å². The highest BCUT2D eigenvalue weighted by atomic mass is 16.5. The third kappa shape index (κ3) is 3.54. The third-order valence-electron chi connectivity index (χ3n) is 5.43. The molecule has 2 amide bonds. The molecule has 4 rings (SSSR count). The smallest absolute Gasteiger partial charge is 0.265 e. The Morgan fingerprint density at radius 2 is 1.96 bits per heavy atom. The lowest BCUT2D eigenvalue weighted by molar-refractivity contribution is -0.132. The summed E-state index contributed by atoms with van der Waals surface area (Å²) in [6.45, 7) is 1.14. The molecule has 28 heavy (non-hydrogen) atoms. The summed E-state index contributed by atoms with van der Waals surface area (Å²) in [5.74, 6) is 1.46. The van der Waals surface area contributed by atoms with Crippen LogP contribution in [0.2, 0.25) is 0 Å². The monoisotopic (exact) mass is 380 g/mol. The maximum Gasteiger partial charge on any atom is 0.265 e. The summed E-state index contributed by atoms with van der Waals surface area (Å²) in [6, 6.07) is 15.4. The molecule has 0 bridgehead atoms. The Bertz CT molecular complexity index is 865. The van der Waals surface area contributed by atoms with Crippen molar-refractivity contribution in [1.82, 2.24) is 4.90 Å². The maximum atomic E-state index is 12.9. The van der Waals surface area contributed by atoms with Crippen molar-refractivity contribution in [1.29, 1.82) is 0 Å². The summed E-state index contributed by atoms with van der Waals surface area (Å²) in [5.41, 5.74) is 1.86. The highest BCUT2D eigenvalue weighted by molar-refractivity contribution is 5.98. The zero-order valence-electron chi connectivity index (χ0n) is 16.0. The zero-order chi connectivity index (χ0) is 19.5. The van der Waals surface area contributed by atoms with Gasteiger partial charge in [0.1, 0.15) is 11.5 Å². The number of ether oxygens (including phenoxy) is 2. The van der Waals surface area contributed by atoms with Crippen molar-refractivity contribution in [2.75, 3.05) is 31.7 Å². The number of carbonyl (C=O) groups is 2. The Morgan fingerprint density at radius 1 is 1.18 bits per heavy atom. The lowest BCUT2D eigenvalue weighted by atomic mass is 10.0. The van der Waals surface area contributed by atoms with Gasteiger partial charge in [0, 0.05) is 19.5 Å². The Balaban J connectivity index is 1.44. The van der Waals surface area contributed by atoms with Gasteiger partial charge in [-0.15, -0.1) is 0 Å². The minimum Gasteiger partial charge on any atom is -0.497 e. The molecule has 1 fully saturated rings. The summed E-state index contributed by atoms with van der Waals surface area (Å²) in [6.07, 6.45) is 2.24. The normalized spacial score (nSPS) is 18.6. The second kappa shape index (κ2) is 7.92. The fourth-order valence-electron chi connectivity index (χ4n) is 3.99. The highest BCUT2D eigenvalue weighted by Gasteiger charge is 2.31. The first-order valence-electron chi connectivity index (χ1n) is 9.63. The second-order valence-corrected chi connectivity index (χ2v) is 7.07. The van der Waals surface area contributed by atoms with E-state index in [0.29, 0.717) is 18.7 Å². The molecule has 2 aromatic rings. The molecule has 2 aliphatic rings. The van der Waals surface area contributed by atoms with E-state index in [-0.39, 0.29) is 24.5 Å². The number of likely N-dealkylation sites (tertiary alicyclic amines) is 1. The average molecular weight is 380 g/mol. The van der Waals surface area contributed by atoms with E-state index >= 15 is 0 Å². The molecule has 6 nitrogen and oxygen atoms in total. The molecule has 0 aliphatic carbocycles. The number of methoxy groups -OCH3 is 1. The Labute approximate surface area is 164 Å². The molecule has 1 atom stereocenters. The molecule has 6 heteroatoms. The predicted octanol–water partition coefficient (Wildman–Crippen LogP) is 3.17. The summed E-state index contributed by atoms with van der Waals surface area (Å²) in [4.78, 5) is 28.9. The van der Waals surface area contributed by atoms with Gasteiger partial charge in [0.2, 0.25) is 5.91 Å². The van der Waals surface area contributed by atoms with E-state index in [2.05, 4.69) is 0 Å². The molecular formula is C22H24N2O4. The van der Waals surface area contributed by atoms with Gasteiger partial charge >= 0.3 is 0 Å². The summed E-state index contributed by atoms with van der Waals surface area (Å²) >= 11 is 0. The van der Waals surface area contributed by atoms with Gasteiger partial charge in [-0.3, -0.25) is 9.59 Å². The quantitative estimate of drug-likeness (QED) is 0.799. The predicted molar refractivity (Wildman–Crippen MR) is 106 cm³/mol. The zero-order valence-corrected chi connectivity index (χ0v) is 16.0. The summed E-state index contributed by atoms with van der Waals surface area (Å²) < 4.78 is 10.7. The second-order valence-electron chi connectivity index (χ2n) is 7.07. The Kier molecular flexibility index (Phi) is 5.19. The molecule has 0 saturated carbocycles. The third-order valence-corrected chi connectivity index (χ3v) is 5.43. The van der Waals surface area contributed by atoms with E-state index in [4.69, 9.17) is 9.47 Å². The van der Waals surface area contributed by atoms with Crippen molar-refractivity contribution in [3.8, 4) is 11.5 Å². The van der Waals surface area contributed by atoms with Crippen LogP contribution in [-0.2, 0) is 9.59 Å². The van der Waals surface area contributed by atoms with Crippen LogP contribution >= 0.6 is 0 Å². The van der Waals surface area contributed by atoms with Crippen molar-refractivity contribution in [3.63, 3.8) is 0 Å². The number of anilines is 1. The fourth-order valence-corrected chi connectivity index (χ4v) is 3.99. The molecule has 2 aromatic carbocycles. The maximum absolute atomic E-state index is 12.9. The van der Waals surface area contributed by atoms with Crippen LogP contribution in [0, 0.1) is 0 Å². The molecule has 0 N–H and O–H groups in total. The van der Waals surface area contributed by atoms with Gasteiger partial charge in [-0.25, -0.2) is 0 Å². The van der Waals surface area contributed by atoms with Crippen molar-refractivity contribution < 1.29 is 19.1 Å². The van der Waals surface area contributed by atoms with Crippen molar-refractivity contribution in [3.05, 3.63) is 54.1 Å². The standard InChI is InChI=1S/C22H24N2O4/c1-27-17-10-8-16(9-11-17)18-6-4-13-23(18)21(25)12-14-24-19-5-2-3-7-20(19)28-15-22(24)26/h2-3,5,7-11,18H,4,6,12-15H2,1H3. The number of amides is 2. The van der Waals surface area contributed by atoms with Crippen LogP contribution in [0.5, 0.6) is 11.5 Å². The van der Waals surface area contributed by atoms with Gasteiger partial charge in [0.05, 0.1) is 18.8 Å². The number of nitrogens with zero attached hydrogens (tertiary/aromatic N) is 2. The Morgan fingerprint density at radius 3 is 2.75 bits per heavy atom. The van der Waals surface area contributed by atoms with Gasteiger partial charge in [-0.2, -0.15) is 0 Å². The number of rotatable bonds is 5. The summed E-state index contributed by atoms with van der Waals surface area (Å²) in [5, 5.41) is 0. The largest absolute Gasteiger partial charge is 0.497 e. The SMILES string of the molecule is COc1ccc(C2CCCN2C(=O)CCN2C(=O)COc3ccccc32)cc1. The van der Waals surface area contributed by atoms with Gasteiger partial charge in [-0.05, 0) is 42.7 Å². The van der Waals surface area contributed by atoms with Gasteiger partial charge in [-0.1, -0.05) is 24.3 Å². The van der Waals surface area contributed by atoms with Crippen LogP contribution in [0.4, 0.5) is 5.69 Å². The van der Waals surface area contributed by atoms with E-state index in [1.54, 1.807) is 12.0 Å². The van der Waals surface area contributed by atoms with Gasteiger partial charge in [0.15, 0.2) is 6.61 Å². The number of para-hydroxylation sites is 2. The number of benzene rings is 2. The molecule has 0 aromatic heterocycles. The Hall–Kier alpha value is -3.02. The first-order valence-corrected chi connectivity index (χ1v) is 9.63. The van der Waals surface area contributed by atoms with Crippen LogP contribution < -0.4 is 14.4 Å². The molecule has 146 valence electrons. The molecular weight excluding hydrogens is 356 g/mol. The molecule has 2 heterocycles. The van der Waals surface area contributed by atoms with Crippen LogP contribution in [-0.4, -0.2) is 43.5 Å². The lowest BCUT2D eigenvalue weighted by Crippen LogP contribution is -2.41. The molecule has 1 saturated heterocycles. The fraction of sp³-hybridized carbons (Fsp3) is 0.364. The van der Waals surface area contributed by atoms with E-state index < -0.39 is 0 Å². The number of hydrogen-bond acceptors (Lipinski definition) is 4. The first kappa shape index (κ1) is 18.3. The highest BCUT2D eigenvalue weighted by Crippen LogP contribution is 2.34.